The molecule has 1 N–H and O–H groups in total. The lowest BCUT2D eigenvalue weighted by atomic mass is 10.1. The second-order valence-electron chi connectivity index (χ2n) is 6.42. The Morgan fingerprint density at radius 3 is 2.35 bits per heavy atom. The Labute approximate surface area is 185 Å². The third-order valence-corrected chi connectivity index (χ3v) is 6.15. The molecule has 0 atom stereocenters. The van der Waals surface area contributed by atoms with Crippen LogP contribution in [-0.4, -0.2) is 10.2 Å². The molecule has 0 unspecified atom stereocenters. The van der Waals surface area contributed by atoms with Gasteiger partial charge in [0, 0.05) is 11.4 Å². The number of aromatic nitrogens is 2. The van der Waals surface area contributed by atoms with Crippen LogP contribution in [0.15, 0.2) is 83.2 Å². The number of nitrogens with one attached hydrogen (secondary N) is 1. The maximum Gasteiger partial charge on any atom is 0.416 e. The topological polar surface area (TPSA) is 47.0 Å². The number of benzene rings is 3. The van der Waals surface area contributed by atoms with Crippen molar-refractivity contribution in [1.29, 1.82) is 0 Å². The standard InChI is InChI=1S/C22H16F3N3OS2/c23-22(24,25)16-6-4-5-15(13-16)14-30-21-28-27-20(31-21)26-17-9-11-19(12-10-17)29-18-7-2-1-3-8-18/h1-13H,14H2,(H,26,27). The van der Waals surface area contributed by atoms with Gasteiger partial charge in [0.15, 0.2) is 4.34 Å². The van der Waals surface area contributed by atoms with E-state index in [4.69, 9.17) is 4.74 Å². The van der Waals surface area contributed by atoms with E-state index in [-0.39, 0.29) is 0 Å². The molecule has 4 aromatic rings. The monoisotopic (exact) mass is 459 g/mol. The van der Waals surface area contributed by atoms with Crippen molar-refractivity contribution in [2.45, 2.75) is 16.3 Å². The van der Waals surface area contributed by atoms with Gasteiger partial charge in [-0.25, -0.2) is 0 Å². The van der Waals surface area contributed by atoms with Gasteiger partial charge < -0.3 is 10.1 Å². The molecule has 0 aliphatic rings. The van der Waals surface area contributed by atoms with Crippen LogP contribution in [0.2, 0.25) is 0 Å². The molecule has 0 spiro atoms. The summed E-state index contributed by atoms with van der Waals surface area (Å²) in [4.78, 5) is 0. The van der Waals surface area contributed by atoms with Crippen molar-refractivity contribution in [1.82, 2.24) is 10.2 Å². The molecule has 9 heteroatoms. The highest BCUT2D eigenvalue weighted by Gasteiger charge is 2.30. The molecule has 31 heavy (non-hydrogen) atoms. The third-order valence-electron chi connectivity index (χ3n) is 4.11. The number of thioether (sulfide) groups is 1. The van der Waals surface area contributed by atoms with Crippen molar-refractivity contribution in [3.63, 3.8) is 0 Å². The van der Waals surface area contributed by atoms with Crippen molar-refractivity contribution >= 4 is 33.9 Å². The zero-order valence-electron chi connectivity index (χ0n) is 16.0. The molecular formula is C22H16F3N3OS2. The average molecular weight is 460 g/mol. The van der Waals surface area contributed by atoms with Gasteiger partial charge >= 0.3 is 6.18 Å². The Balaban J connectivity index is 1.33. The first-order valence-corrected chi connectivity index (χ1v) is 11.0. The first-order valence-electron chi connectivity index (χ1n) is 9.18. The van der Waals surface area contributed by atoms with Crippen molar-refractivity contribution in [3.8, 4) is 11.5 Å². The second kappa shape index (κ2) is 9.40. The fourth-order valence-corrected chi connectivity index (χ4v) is 4.37. The van der Waals surface area contributed by atoms with Crippen molar-refractivity contribution in [3.05, 3.63) is 90.0 Å². The SMILES string of the molecule is FC(F)(F)c1cccc(CSc2nnc(Nc3ccc(Oc4ccccc4)cc3)s2)c1. The van der Waals surface area contributed by atoms with Crippen LogP contribution >= 0.6 is 23.1 Å². The van der Waals surface area contributed by atoms with Gasteiger partial charge in [0.2, 0.25) is 5.13 Å². The van der Waals surface area contributed by atoms with Gasteiger partial charge in [0.05, 0.1) is 5.56 Å². The number of para-hydroxylation sites is 1. The minimum absolute atomic E-state index is 0.379. The predicted octanol–water partition coefficient (Wildman–Crippen LogP) is 7.39. The van der Waals surface area contributed by atoms with Crippen LogP contribution in [0.3, 0.4) is 0 Å². The molecule has 0 radical (unpaired) electrons. The fourth-order valence-electron chi connectivity index (χ4n) is 2.66. The van der Waals surface area contributed by atoms with E-state index < -0.39 is 11.7 Å². The summed E-state index contributed by atoms with van der Waals surface area (Å²) in [6.45, 7) is 0. The van der Waals surface area contributed by atoms with Crippen LogP contribution in [0.5, 0.6) is 11.5 Å². The van der Waals surface area contributed by atoms with E-state index in [1.165, 1.54) is 29.2 Å². The summed E-state index contributed by atoms with van der Waals surface area (Å²) in [7, 11) is 0. The van der Waals surface area contributed by atoms with Crippen LogP contribution in [0.4, 0.5) is 24.0 Å². The molecule has 3 aromatic carbocycles. The van der Waals surface area contributed by atoms with Gasteiger partial charge in [0.25, 0.3) is 0 Å². The highest BCUT2D eigenvalue weighted by Crippen LogP contribution is 2.33. The molecule has 0 fully saturated rings. The maximum absolute atomic E-state index is 12.8. The highest BCUT2D eigenvalue weighted by molar-refractivity contribution is 8.00. The minimum Gasteiger partial charge on any atom is -0.457 e. The molecule has 4 nitrogen and oxygen atoms in total. The van der Waals surface area contributed by atoms with Gasteiger partial charge in [-0.15, -0.1) is 10.2 Å². The van der Waals surface area contributed by atoms with Gasteiger partial charge in [-0.2, -0.15) is 13.2 Å². The normalized spacial score (nSPS) is 11.3. The van der Waals surface area contributed by atoms with Crippen LogP contribution in [0, 0.1) is 0 Å². The first kappa shape index (κ1) is 21.2. The van der Waals surface area contributed by atoms with E-state index >= 15 is 0 Å². The maximum atomic E-state index is 12.8. The number of alkyl halides is 3. The minimum atomic E-state index is -4.35. The molecule has 0 aliphatic carbocycles. The van der Waals surface area contributed by atoms with E-state index in [1.54, 1.807) is 6.07 Å². The van der Waals surface area contributed by atoms with Crippen LogP contribution < -0.4 is 10.1 Å². The predicted molar refractivity (Wildman–Crippen MR) is 117 cm³/mol. The molecular weight excluding hydrogens is 443 g/mol. The number of hydrogen-bond acceptors (Lipinski definition) is 6. The first-order chi connectivity index (χ1) is 15.0. The van der Waals surface area contributed by atoms with Gasteiger partial charge in [-0.05, 0) is 48.0 Å². The largest absolute Gasteiger partial charge is 0.457 e. The fraction of sp³-hybridized carbons (Fsp3) is 0.0909. The highest BCUT2D eigenvalue weighted by atomic mass is 32.2. The van der Waals surface area contributed by atoms with E-state index in [1.807, 2.05) is 54.6 Å². The van der Waals surface area contributed by atoms with Gasteiger partial charge in [-0.1, -0.05) is 59.5 Å². The number of ether oxygens (including phenoxy) is 1. The second-order valence-corrected chi connectivity index (χ2v) is 8.62. The van der Waals surface area contributed by atoms with Crippen LogP contribution in [0.25, 0.3) is 0 Å². The summed E-state index contributed by atoms with van der Waals surface area (Å²) in [5, 5.41) is 12.0. The molecule has 0 saturated heterocycles. The summed E-state index contributed by atoms with van der Waals surface area (Å²) in [6, 6.07) is 22.2. The molecule has 0 amide bonds. The Morgan fingerprint density at radius 1 is 0.871 bits per heavy atom. The number of anilines is 2. The van der Waals surface area contributed by atoms with Crippen LogP contribution in [-0.2, 0) is 11.9 Å². The molecule has 158 valence electrons. The summed E-state index contributed by atoms with van der Waals surface area (Å²) < 4.78 is 44.9. The lowest BCUT2D eigenvalue weighted by Crippen LogP contribution is -2.04. The number of halogens is 3. The number of rotatable bonds is 7. The van der Waals surface area contributed by atoms with Gasteiger partial charge in [0.1, 0.15) is 11.5 Å². The summed E-state index contributed by atoms with van der Waals surface area (Å²) in [5.41, 5.74) is 0.759. The Kier molecular flexibility index (Phi) is 6.43. The summed E-state index contributed by atoms with van der Waals surface area (Å²) >= 11 is 2.69. The molecule has 0 bridgehead atoms. The average Bonchev–Trinajstić information content (AvgIpc) is 3.21. The van der Waals surface area contributed by atoms with E-state index in [2.05, 4.69) is 15.5 Å². The van der Waals surface area contributed by atoms with E-state index in [0.29, 0.717) is 26.5 Å². The van der Waals surface area contributed by atoms with Crippen molar-refractivity contribution in [2.75, 3.05) is 5.32 Å². The molecule has 0 saturated carbocycles. The van der Waals surface area contributed by atoms with Crippen molar-refractivity contribution in [2.24, 2.45) is 0 Å². The zero-order chi connectivity index (χ0) is 21.7. The smallest absolute Gasteiger partial charge is 0.416 e. The zero-order valence-corrected chi connectivity index (χ0v) is 17.6. The number of nitrogens with zero attached hydrogens (tertiary/aromatic N) is 2. The number of hydrogen-bond donors (Lipinski definition) is 1. The van der Waals surface area contributed by atoms with Crippen molar-refractivity contribution < 1.29 is 17.9 Å². The summed E-state index contributed by atoms with van der Waals surface area (Å²) in [6.07, 6.45) is -4.35. The molecule has 0 aliphatic heterocycles. The van der Waals surface area contributed by atoms with E-state index in [0.717, 1.165) is 23.6 Å². The van der Waals surface area contributed by atoms with Crippen LogP contribution in [0.1, 0.15) is 11.1 Å². The molecule has 4 rings (SSSR count). The Hall–Kier alpha value is -3.04. The lowest BCUT2D eigenvalue weighted by Gasteiger charge is -2.07. The van der Waals surface area contributed by atoms with Gasteiger partial charge in [-0.3, -0.25) is 0 Å². The Morgan fingerprint density at radius 2 is 1.61 bits per heavy atom. The summed E-state index contributed by atoms with van der Waals surface area (Å²) in [5.74, 6) is 1.85. The van der Waals surface area contributed by atoms with E-state index in [9.17, 15) is 13.2 Å². The quantitative estimate of drug-likeness (QED) is 0.292. The Bertz CT molecular complexity index is 1130. The third kappa shape index (κ3) is 5.99. The molecule has 1 aromatic heterocycles. The lowest BCUT2D eigenvalue weighted by molar-refractivity contribution is -0.137. The molecule has 1 heterocycles.